The summed E-state index contributed by atoms with van der Waals surface area (Å²) < 4.78 is 22.7. The highest BCUT2D eigenvalue weighted by molar-refractivity contribution is 5.89. The molecule has 6 heteroatoms. The van der Waals surface area contributed by atoms with Crippen LogP contribution in [-0.2, 0) is 15.1 Å². The van der Waals surface area contributed by atoms with Crippen molar-refractivity contribution in [3.05, 3.63) is 131 Å². The molecule has 4 aromatic carbocycles. The van der Waals surface area contributed by atoms with Gasteiger partial charge in [0, 0.05) is 0 Å². The van der Waals surface area contributed by atoms with Gasteiger partial charge in [0.15, 0.2) is 0 Å². The van der Waals surface area contributed by atoms with Crippen LogP contribution in [0.15, 0.2) is 109 Å². The summed E-state index contributed by atoms with van der Waals surface area (Å²) in [5, 5.41) is 10.8. The third kappa shape index (κ3) is 6.00. The zero-order valence-corrected chi connectivity index (χ0v) is 20.9. The molecule has 0 radical (unpaired) electrons. The molecule has 0 unspecified atom stereocenters. The SMILES string of the molecule is COc1ccc(C(OC[C@@H](O)COC(=O)c2ccccc2)(c2ccccc2)c2ccc(OC)cc2)cc1. The molecule has 0 aromatic heterocycles. The number of hydrogen-bond acceptors (Lipinski definition) is 6. The van der Waals surface area contributed by atoms with E-state index in [-0.39, 0.29) is 13.2 Å². The summed E-state index contributed by atoms with van der Waals surface area (Å²) in [5.41, 5.74) is 1.92. The number of hydrogen-bond donors (Lipinski definition) is 1. The third-order valence-corrected chi connectivity index (χ3v) is 6.08. The predicted octanol–water partition coefficient (Wildman–Crippen LogP) is 5.23. The van der Waals surface area contributed by atoms with Gasteiger partial charge in [-0.05, 0) is 53.1 Å². The van der Waals surface area contributed by atoms with Crippen LogP contribution in [0, 0.1) is 0 Å². The fourth-order valence-corrected chi connectivity index (χ4v) is 4.17. The maximum absolute atomic E-state index is 12.3. The van der Waals surface area contributed by atoms with Gasteiger partial charge in [-0.3, -0.25) is 0 Å². The van der Waals surface area contributed by atoms with Crippen molar-refractivity contribution in [2.24, 2.45) is 0 Å². The van der Waals surface area contributed by atoms with E-state index in [2.05, 4.69) is 0 Å². The van der Waals surface area contributed by atoms with E-state index in [1.165, 1.54) is 0 Å². The highest BCUT2D eigenvalue weighted by Crippen LogP contribution is 2.41. The van der Waals surface area contributed by atoms with Crippen molar-refractivity contribution in [2.75, 3.05) is 27.4 Å². The number of aliphatic hydroxyl groups excluding tert-OH is 1. The Labute approximate surface area is 217 Å². The van der Waals surface area contributed by atoms with E-state index in [0.717, 1.165) is 16.7 Å². The van der Waals surface area contributed by atoms with E-state index in [1.54, 1.807) is 38.5 Å². The summed E-state index contributed by atoms with van der Waals surface area (Å²) in [7, 11) is 3.24. The van der Waals surface area contributed by atoms with E-state index >= 15 is 0 Å². The minimum Gasteiger partial charge on any atom is -0.497 e. The van der Waals surface area contributed by atoms with Crippen LogP contribution in [0.5, 0.6) is 11.5 Å². The van der Waals surface area contributed by atoms with Gasteiger partial charge in [-0.2, -0.15) is 0 Å². The monoisotopic (exact) mass is 498 g/mol. The van der Waals surface area contributed by atoms with E-state index < -0.39 is 17.7 Å². The van der Waals surface area contributed by atoms with Gasteiger partial charge < -0.3 is 24.1 Å². The standard InChI is InChI=1S/C31H30O6/c1-34-28-17-13-25(14-18-28)31(24-11-7-4-8-12-24,26-15-19-29(35-2)20-16-26)37-22-27(32)21-36-30(33)23-9-5-3-6-10-23/h3-20,27,32H,21-22H2,1-2H3/t27-/m0/s1. The van der Waals surface area contributed by atoms with Crippen molar-refractivity contribution in [3.8, 4) is 11.5 Å². The zero-order chi connectivity index (χ0) is 26.1. The first-order chi connectivity index (χ1) is 18.1. The molecule has 0 spiro atoms. The third-order valence-electron chi connectivity index (χ3n) is 6.08. The molecule has 0 fully saturated rings. The van der Waals surface area contributed by atoms with Gasteiger partial charge in [-0.25, -0.2) is 4.79 Å². The molecular weight excluding hydrogens is 468 g/mol. The normalized spacial score (nSPS) is 12.0. The number of rotatable bonds is 11. The number of esters is 1. The van der Waals surface area contributed by atoms with Crippen LogP contribution in [0.3, 0.4) is 0 Å². The molecule has 0 saturated carbocycles. The zero-order valence-electron chi connectivity index (χ0n) is 20.9. The molecule has 1 atom stereocenters. The van der Waals surface area contributed by atoms with Crippen molar-refractivity contribution in [1.29, 1.82) is 0 Å². The number of carbonyl (C=O) groups is 1. The van der Waals surface area contributed by atoms with Crippen molar-refractivity contribution >= 4 is 5.97 Å². The Morgan fingerprint density at radius 1 is 0.676 bits per heavy atom. The van der Waals surface area contributed by atoms with Gasteiger partial charge in [-0.15, -0.1) is 0 Å². The second kappa shape index (κ2) is 12.2. The van der Waals surface area contributed by atoms with Crippen LogP contribution < -0.4 is 9.47 Å². The molecule has 0 saturated heterocycles. The van der Waals surface area contributed by atoms with E-state index in [1.807, 2.05) is 84.9 Å². The summed E-state index contributed by atoms with van der Waals surface area (Å²) in [4.78, 5) is 12.3. The Balaban J connectivity index is 1.66. The summed E-state index contributed by atoms with van der Waals surface area (Å²) in [5.74, 6) is 0.931. The van der Waals surface area contributed by atoms with Gasteiger partial charge >= 0.3 is 5.97 Å². The lowest BCUT2D eigenvalue weighted by Crippen LogP contribution is -2.37. The second-order valence-electron chi connectivity index (χ2n) is 8.43. The van der Waals surface area contributed by atoms with Crippen molar-refractivity contribution in [2.45, 2.75) is 11.7 Å². The summed E-state index contributed by atoms with van der Waals surface area (Å²) in [6.45, 7) is -0.293. The predicted molar refractivity (Wildman–Crippen MR) is 141 cm³/mol. The van der Waals surface area contributed by atoms with Crippen molar-refractivity contribution < 1.29 is 28.8 Å². The van der Waals surface area contributed by atoms with Crippen molar-refractivity contribution in [1.82, 2.24) is 0 Å². The van der Waals surface area contributed by atoms with Crippen LogP contribution in [-0.4, -0.2) is 44.6 Å². The number of aliphatic hydroxyl groups is 1. The molecule has 0 aliphatic carbocycles. The van der Waals surface area contributed by atoms with E-state index in [0.29, 0.717) is 17.1 Å². The Hall–Kier alpha value is -4.13. The van der Waals surface area contributed by atoms with Crippen LogP contribution in [0.2, 0.25) is 0 Å². The molecule has 0 amide bonds. The molecule has 6 nitrogen and oxygen atoms in total. The lowest BCUT2D eigenvalue weighted by molar-refractivity contribution is -0.0567. The molecule has 0 aliphatic heterocycles. The van der Waals surface area contributed by atoms with Crippen molar-refractivity contribution in [3.63, 3.8) is 0 Å². The lowest BCUT2D eigenvalue weighted by Gasteiger charge is -2.36. The average molecular weight is 499 g/mol. The van der Waals surface area contributed by atoms with Gasteiger partial charge in [-0.1, -0.05) is 72.8 Å². The quantitative estimate of drug-likeness (QED) is 0.226. The molecule has 4 rings (SSSR count). The summed E-state index contributed by atoms with van der Waals surface area (Å²) in [6, 6.07) is 33.7. The highest BCUT2D eigenvalue weighted by atomic mass is 16.6. The first-order valence-corrected chi connectivity index (χ1v) is 12.0. The molecule has 1 N–H and O–H groups in total. The Bertz CT molecular complexity index is 1210. The van der Waals surface area contributed by atoms with Crippen LogP contribution in [0.4, 0.5) is 0 Å². The molecule has 0 bridgehead atoms. The van der Waals surface area contributed by atoms with Crippen LogP contribution in [0.25, 0.3) is 0 Å². The molecular formula is C31H30O6. The highest BCUT2D eigenvalue weighted by Gasteiger charge is 2.38. The smallest absolute Gasteiger partial charge is 0.338 e. The van der Waals surface area contributed by atoms with E-state index in [4.69, 9.17) is 18.9 Å². The Morgan fingerprint density at radius 2 is 1.14 bits per heavy atom. The fourth-order valence-electron chi connectivity index (χ4n) is 4.17. The first-order valence-electron chi connectivity index (χ1n) is 12.0. The minimum absolute atomic E-state index is 0.0883. The maximum atomic E-state index is 12.3. The average Bonchev–Trinajstić information content (AvgIpc) is 2.97. The number of ether oxygens (including phenoxy) is 4. The Kier molecular flexibility index (Phi) is 8.56. The topological polar surface area (TPSA) is 74.2 Å². The molecule has 4 aromatic rings. The largest absolute Gasteiger partial charge is 0.497 e. The number of carbonyl (C=O) groups excluding carboxylic acids is 1. The number of benzene rings is 4. The fraction of sp³-hybridized carbons (Fsp3) is 0.194. The number of methoxy groups -OCH3 is 2. The van der Waals surface area contributed by atoms with Gasteiger partial charge in [0.2, 0.25) is 0 Å². The molecule has 0 heterocycles. The van der Waals surface area contributed by atoms with Crippen LogP contribution >= 0.6 is 0 Å². The molecule has 190 valence electrons. The summed E-state index contributed by atoms with van der Waals surface area (Å²) in [6.07, 6.45) is -1.05. The molecule has 37 heavy (non-hydrogen) atoms. The second-order valence-corrected chi connectivity index (χ2v) is 8.43. The van der Waals surface area contributed by atoms with Gasteiger partial charge in [0.25, 0.3) is 0 Å². The van der Waals surface area contributed by atoms with Gasteiger partial charge in [0.05, 0.1) is 26.4 Å². The molecule has 0 aliphatic rings. The van der Waals surface area contributed by atoms with Gasteiger partial charge in [0.1, 0.15) is 29.8 Å². The first kappa shape index (κ1) is 25.9. The van der Waals surface area contributed by atoms with Crippen LogP contribution in [0.1, 0.15) is 27.0 Å². The van der Waals surface area contributed by atoms with E-state index in [9.17, 15) is 9.90 Å². The summed E-state index contributed by atoms with van der Waals surface area (Å²) >= 11 is 0. The minimum atomic E-state index is -1.07. The lowest BCUT2D eigenvalue weighted by atomic mass is 9.80. The maximum Gasteiger partial charge on any atom is 0.338 e. The Morgan fingerprint density at radius 3 is 1.62 bits per heavy atom.